The monoisotopic (exact) mass is 555 g/mol. The van der Waals surface area contributed by atoms with Crippen molar-refractivity contribution in [2.24, 2.45) is 0 Å². The minimum Gasteiger partial charge on any atom is -0.481 e. The normalized spacial score (nSPS) is 14.6. The zero-order valence-electron chi connectivity index (χ0n) is 21.8. The molecule has 204 valence electrons. The molecule has 39 heavy (non-hydrogen) atoms. The average molecular weight is 556 g/mol. The number of anilines is 1. The van der Waals surface area contributed by atoms with E-state index in [1.165, 1.54) is 23.5 Å². The number of carbonyl (C=O) groups is 1. The van der Waals surface area contributed by atoms with E-state index in [9.17, 15) is 18.0 Å². The van der Waals surface area contributed by atoms with Gasteiger partial charge in [-0.2, -0.15) is 13.2 Å². The van der Waals surface area contributed by atoms with E-state index in [1.54, 1.807) is 31.6 Å². The Bertz CT molecular complexity index is 1480. The van der Waals surface area contributed by atoms with Gasteiger partial charge in [0.25, 0.3) is 5.91 Å². The Kier molecular flexibility index (Phi) is 7.44. The SMILES string of the molecule is COc1cc(CN(C)C(=O)c2sc3ncnc(C4CCN(c5ccc(C(F)(F)F)cc5)CC4)c3c2C)ccn1. The van der Waals surface area contributed by atoms with Crippen molar-refractivity contribution in [2.45, 2.75) is 38.4 Å². The van der Waals surface area contributed by atoms with Crippen LogP contribution in [0.2, 0.25) is 0 Å². The lowest BCUT2D eigenvalue weighted by molar-refractivity contribution is -0.137. The van der Waals surface area contributed by atoms with Gasteiger partial charge in [0.2, 0.25) is 5.88 Å². The van der Waals surface area contributed by atoms with Gasteiger partial charge in [-0.3, -0.25) is 4.79 Å². The summed E-state index contributed by atoms with van der Waals surface area (Å²) < 4.78 is 44.0. The molecule has 4 aromatic rings. The van der Waals surface area contributed by atoms with Gasteiger partial charge >= 0.3 is 6.18 Å². The van der Waals surface area contributed by atoms with Crippen LogP contribution in [0.3, 0.4) is 0 Å². The van der Waals surface area contributed by atoms with Crippen LogP contribution in [0, 0.1) is 6.92 Å². The topological polar surface area (TPSA) is 71.5 Å². The van der Waals surface area contributed by atoms with Crippen molar-refractivity contribution in [3.63, 3.8) is 0 Å². The molecule has 0 aliphatic carbocycles. The van der Waals surface area contributed by atoms with Gasteiger partial charge in [-0.1, -0.05) is 0 Å². The van der Waals surface area contributed by atoms with Crippen LogP contribution in [0.4, 0.5) is 18.9 Å². The number of hydrogen-bond acceptors (Lipinski definition) is 7. The fourth-order valence-electron chi connectivity index (χ4n) is 5.06. The van der Waals surface area contributed by atoms with Crippen LogP contribution in [0.25, 0.3) is 10.2 Å². The predicted molar refractivity (Wildman–Crippen MR) is 144 cm³/mol. The third-order valence-corrected chi connectivity index (χ3v) is 8.35. The van der Waals surface area contributed by atoms with E-state index in [0.717, 1.165) is 57.7 Å². The number of alkyl halides is 3. The lowest BCUT2D eigenvalue weighted by Gasteiger charge is -2.33. The van der Waals surface area contributed by atoms with E-state index in [1.807, 2.05) is 19.1 Å². The Hall–Kier alpha value is -3.73. The predicted octanol–water partition coefficient (Wildman–Crippen LogP) is 6.08. The number of carbonyl (C=O) groups excluding carboxylic acids is 1. The summed E-state index contributed by atoms with van der Waals surface area (Å²) in [5, 5.41) is 0.929. The Labute approximate surface area is 228 Å². The van der Waals surface area contributed by atoms with Gasteiger partial charge in [0.05, 0.1) is 23.2 Å². The van der Waals surface area contributed by atoms with Crippen molar-refractivity contribution in [1.82, 2.24) is 19.9 Å². The highest BCUT2D eigenvalue weighted by molar-refractivity contribution is 7.20. The highest BCUT2D eigenvalue weighted by Gasteiger charge is 2.31. The van der Waals surface area contributed by atoms with Crippen LogP contribution in [0.1, 0.15) is 50.8 Å². The molecule has 1 aliphatic rings. The third kappa shape index (κ3) is 5.54. The molecule has 0 spiro atoms. The van der Waals surface area contributed by atoms with E-state index < -0.39 is 11.7 Å². The zero-order valence-corrected chi connectivity index (χ0v) is 22.6. The summed E-state index contributed by atoms with van der Waals surface area (Å²) in [5.41, 5.74) is 2.86. The second-order valence-electron chi connectivity index (χ2n) is 9.67. The number of thiophene rings is 1. The lowest BCUT2D eigenvalue weighted by Crippen LogP contribution is -2.33. The molecule has 0 unspecified atom stereocenters. The van der Waals surface area contributed by atoms with Gasteiger partial charge in [0.1, 0.15) is 11.2 Å². The Morgan fingerprint density at radius 2 is 1.85 bits per heavy atom. The van der Waals surface area contributed by atoms with E-state index in [4.69, 9.17) is 4.74 Å². The van der Waals surface area contributed by atoms with Crippen molar-refractivity contribution in [1.29, 1.82) is 0 Å². The number of rotatable bonds is 6. The molecule has 0 radical (unpaired) electrons. The first-order valence-corrected chi connectivity index (χ1v) is 13.4. The maximum atomic E-state index is 13.4. The molecular formula is C28H28F3N5O2S. The molecule has 3 aromatic heterocycles. The summed E-state index contributed by atoms with van der Waals surface area (Å²) in [5.74, 6) is 0.574. The molecule has 0 atom stereocenters. The summed E-state index contributed by atoms with van der Waals surface area (Å²) in [6.07, 6.45) is 0.466. The van der Waals surface area contributed by atoms with Crippen LogP contribution in [0.5, 0.6) is 5.88 Å². The standard InChI is InChI=1S/C28H28F3N5O2S/c1-17-23-24(19-9-12-36(13-10-19)21-6-4-20(5-7-21)28(29,30)31)33-16-34-26(23)39-25(17)27(37)35(2)15-18-8-11-32-22(14-18)38-3/h4-8,11,14,16,19H,9-10,12-13,15H2,1-3H3. The minimum atomic E-state index is -4.34. The number of aromatic nitrogens is 3. The number of hydrogen-bond donors (Lipinski definition) is 0. The number of fused-ring (bicyclic) bond motifs is 1. The van der Waals surface area contributed by atoms with Crippen molar-refractivity contribution >= 4 is 33.1 Å². The number of methoxy groups -OCH3 is 1. The largest absolute Gasteiger partial charge is 0.481 e. The van der Waals surface area contributed by atoms with Crippen LogP contribution >= 0.6 is 11.3 Å². The smallest absolute Gasteiger partial charge is 0.416 e. The van der Waals surface area contributed by atoms with E-state index in [-0.39, 0.29) is 11.8 Å². The molecule has 4 heterocycles. The highest BCUT2D eigenvalue weighted by Crippen LogP contribution is 2.39. The van der Waals surface area contributed by atoms with E-state index >= 15 is 0 Å². The first-order chi connectivity index (χ1) is 18.7. The molecule has 0 N–H and O–H groups in total. The molecule has 1 aliphatic heterocycles. The maximum Gasteiger partial charge on any atom is 0.416 e. The number of aryl methyl sites for hydroxylation is 1. The van der Waals surface area contributed by atoms with Crippen LogP contribution in [-0.2, 0) is 12.7 Å². The second-order valence-corrected chi connectivity index (χ2v) is 10.7. The molecule has 1 amide bonds. The van der Waals surface area contributed by atoms with Gasteiger partial charge in [-0.05, 0) is 61.2 Å². The fraction of sp³-hybridized carbons (Fsp3) is 0.357. The Balaban J connectivity index is 1.32. The molecule has 1 fully saturated rings. The molecule has 1 saturated heterocycles. The van der Waals surface area contributed by atoms with E-state index in [2.05, 4.69) is 19.9 Å². The van der Waals surface area contributed by atoms with Crippen LogP contribution in [-0.4, -0.2) is 53.0 Å². The van der Waals surface area contributed by atoms with Crippen molar-refractivity contribution in [3.8, 4) is 5.88 Å². The molecular weight excluding hydrogens is 527 g/mol. The van der Waals surface area contributed by atoms with Crippen molar-refractivity contribution in [2.75, 3.05) is 32.1 Å². The number of nitrogens with zero attached hydrogens (tertiary/aromatic N) is 5. The van der Waals surface area contributed by atoms with Gasteiger partial charge < -0.3 is 14.5 Å². The summed E-state index contributed by atoms with van der Waals surface area (Å²) in [6, 6.07) is 8.99. The summed E-state index contributed by atoms with van der Waals surface area (Å²) in [6.45, 7) is 3.76. The van der Waals surface area contributed by atoms with Gasteiger partial charge in [-0.15, -0.1) is 11.3 Å². The first-order valence-electron chi connectivity index (χ1n) is 12.6. The van der Waals surface area contributed by atoms with Gasteiger partial charge in [-0.25, -0.2) is 15.0 Å². The van der Waals surface area contributed by atoms with E-state index in [0.29, 0.717) is 30.4 Å². The molecule has 0 saturated carbocycles. The number of halogens is 3. The maximum absolute atomic E-state index is 13.4. The quantitative estimate of drug-likeness (QED) is 0.287. The molecule has 1 aromatic carbocycles. The first kappa shape index (κ1) is 26.9. The molecule has 11 heteroatoms. The van der Waals surface area contributed by atoms with Gasteiger partial charge in [0, 0.05) is 55.9 Å². The number of amides is 1. The van der Waals surface area contributed by atoms with Crippen LogP contribution in [0.15, 0.2) is 48.9 Å². The molecule has 0 bridgehead atoms. The number of piperidine rings is 1. The fourth-order valence-corrected chi connectivity index (χ4v) is 6.22. The number of benzene rings is 1. The van der Waals surface area contributed by atoms with Gasteiger partial charge in [0.15, 0.2) is 0 Å². The molecule has 5 rings (SSSR count). The zero-order chi connectivity index (χ0) is 27.7. The Morgan fingerprint density at radius 1 is 1.13 bits per heavy atom. The molecule has 7 nitrogen and oxygen atoms in total. The van der Waals surface area contributed by atoms with Crippen LogP contribution < -0.4 is 9.64 Å². The highest BCUT2D eigenvalue weighted by atomic mass is 32.1. The summed E-state index contributed by atoms with van der Waals surface area (Å²) in [4.78, 5) is 31.8. The number of ether oxygens (including phenoxy) is 1. The minimum absolute atomic E-state index is 0.0886. The number of pyridine rings is 1. The second kappa shape index (κ2) is 10.8. The lowest BCUT2D eigenvalue weighted by atomic mass is 9.90. The average Bonchev–Trinajstić information content (AvgIpc) is 3.28. The van der Waals surface area contributed by atoms with Crippen molar-refractivity contribution in [3.05, 3.63) is 76.2 Å². The summed E-state index contributed by atoms with van der Waals surface area (Å²) >= 11 is 1.38. The summed E-state index contributed by atoms with van der Waals surface area (Å²) in [7, 11) is 3.32. The van der Waals surface area contributed by atoms with Crippen molar-refractivity contribution < 1.29 is 22.7 Å². The third-order valence-electron chi connectivity index (χ3n) is 7.17. The Morgan fingerprint density at radius 3 is 2.51 bits per heavy atom.